The van der Waals surface area contributed by atoms with Gasteiger partial charge in [-0.2, -0.15) is 0 Å². The van der Waals surface area contributed by atoms with Crippen LogP contribution in [0.4, 0.5) is 11.4 Å². The molecule has 1 heterocycles. The maximum Gasteiger partial charge on any atom is 0.279 e. The summed E-state index contributed by atoms with van der Waals surface area (Å²) in [6.07, 6.45) is 0.473. The normalized spacial score (nSPS) is 10.2. The van der Waals surface area contributed by atoms with Crippen LogP contribution < -0.4 is 0 Å². The van der Waals surface area contributed by atoms with Gasteiger partial charge in [0.15, 0.2) is 12.0 Å². The molecule has 2 rings (SSSR count). The number of benzene rings is 1. The van der Waals surface area contributed by atoms with Crippen molar-refractivity contribution in [2.45, 2.75) is 6.92 Å². The lowest BCUT2D eigenvalue weighted by Gasteiger charge is -2.02. The topological polar surface area (TPSA) is 116 Å². The van der Waals surface area contributed by atoms with Crippen LogP contribution in [0.1, 0.15) is 16.1 Å². The second-order valence-corrected chi connectivity index (χ2v) is 3.97. The van der Waals surface area contributed by atoms with Crippen LogP contribution in [0.2, 0.25) is 0 Å². The predicted molar refractivity (Wildman–Crippen MR) is 67.6 cm³/mol. The third-order valence-electron chi connectivity index (χ3n) is 2.77. The summed E-state index contributed by atoms with van der Waals surface area (Å²) in [6.45, 7) is 1.30. The van der Waals surface area contributed by atoms with E-state index in [4.69, 9.17) is 4.42 Å². The lowest BCUT2D eigenvalue weighted by Crippen LogP contribution is -1.98. The van der Waals surface area contributed by atoms with Crippen LogP contribution in [0.25, 0.3) is 11.3 Å². The van der Waals surface area contributed by atoms with Gasteiger partial charge < -0.3 is 4.42 Å². The van der Waals surface area contributed by atoms with Crippen LogP contribution in [-0.4, -0.2) is 16.1 Å². The number of nitrogens with zero attached hydrogens (tertiary/aromatic N) is 2. The van der Waals surface area contributed by atoms with Crippen LogP contribution >= 0.6 is 0 Å². The number of rotatable bonds is 4. The summed E-state index contributed by atoms with van der Waals surface area (Å²) in [6, 6.07) is 5.15. The van der Waals surface area contributed by atoms with E-state index in [0.29, 0.717) is 6.29 Å². The average Bonchev–Trinajstić information content (AvgIpc) is 2.87. The third-order valence-corrected chi connectivity index (χ3v) is 2.77. The van der Waals surface area contributed by atoms with Crippen LogP contribution in [-0.2, 0) is 0 Å². The molecule has 102 valence electrons. The van der Waals surface area contributed by atoms with Crippen LogP contribution in [0, 0.1) is 27.2 Å². The molecule has 20 heavy (non-hydrogen) atoms. The minimum Gasteiger partial charge on any atom is -0.453 e. The Morgan fingerprint density at radius 2 is 1.65 bits per heavy atom. The zero-order chi connectivity index (χ0) is 14.9. The van der Waals surface area contributed by atoms with Crippen molar-refractivity contribution in [1.82, 2.24) is 0 Å². The first kappa shape index (κ1) is 13.4. The van der Waals surface area contributed by atoms with E-state index in [-0.39, 0.29) is 34.0 Å². The molecule has 0 atom stereocenters. The number of nitro groups is 2. The van der Waals surface area contributed by atoms with E-state index >= 15 is 0 Å². The Labute approximate surface area is 111 Å². The van der Waals surface area contributed by atoms with Gasteiger partial charge in [-0.3, -0.25) is 25.0 Å². The molecule has 0 aliphatic heterocycles. The summed E-state index contributed by atoms with van der Waals surface area (Å²) in [4.78, 5) is 31.0. The molecule has 0 aliphatic rings. The summed E-state index contributed by atoms with van der Waals surface area (Å²) in [7, 11) is 0. The fourth-order valence-corrected chi connectivity index (χ4v) is 1.78. The Kier molecular flexibility index (Phi) is 3.30. The highest BCUT2D eigenvalue weighted by Crippen LogP contribution is 2.34. The minimum absolute atomic E-state index is 0.0332. The molecule has 0 saturated heterocycles. The molecule has 8 nitrogen and oxygen atoms in total. The van der Waals surface area contributed by atoms with Gasteiger partial charge in [-0.05, 0) is 19.1 Å². The van der Waals surface area contributed by atoms with Crippen molar-refractivity contribution >= 4 is 17.7 Å². The summed E-state index contributed by atoms with van der Waals surface area (Å²) in [5, 5.41) is 21.9. The number of aldehydes is 1. The first-order chi connectivity index (χ1) is 9.43. The zero-order valence-corrected chi connectivity index (χ0v) is 10.2. The van der Waals surface area contributed by atoms with Crippen molar-refractivity contribution in [2.75, 3.05) is 0 Å². The van der Waals surface area contributed by atoms with Gasteiger partial charge >= 0.3 is 0 Å². The number of carbonyl (C=O) groups excluding carboxylic acids is 1. The minimum atomic E-state index is -0.699. The average molecular weight is 276 g/mol. The van der Waals surface area contributed by atoms with Gasteiger partial charge in [0, 0.05) is 17.7 Å². The molecule has 0 aliphatic carbocycles. The Morgan fingerprint density at radius 1 is 1.10 bits per heavy atom. The van der Waals surface area contributed by atoms with E-state index in [2.05, 4.69) is 0 Å². The molecule has 0 saturated carbocycles. The first-order valence-electron chi connectivity index (χ1n) is 5.43. The van der Waals surface area contributed by atoms with E-state index in [1.54, 1.807) is 0 Å². The maximum atomic E-state index is 10.9. The van der Waals surface area contributed by atoms with Gasteiger partial charge in [0.25, 0.3) is 11.4 Å². The highest BCUT2D eigenvalue weighted by atomic mass is 16.6. The molecule has 0 radical (unpaired) electrons. The monoisotopic (exact) mass is 276 g/mol. The fourth-order valence-electron chi connectivity index (χ4n) is 1.78. The van der Waals surface area contributed by atoms with Gasteiger partial charge in [-0.25, -0.2) is 0 Å². The molecule has 8 heteroatoms. The van der Waals surface area contributed by atoms with Crippen molar-refractivity contribution < 1.29 is 19.1 Å². The highest BCUT2D eigenvalue weighted by Gasteiger charge is 2.24. The summed E-state index contributed by atoms with van der Waals surface area (Å²) in [5.74, 6) is 0.184. The van der Waals surface area contributed by atoms with Crippen LogP contribution in [0.15, 0.2) is 28.7 Å². The van der Waals surface area contributed by atoms with Crippen molar-refractivity contribution in [2.24, 2.45) is 0 Å². The summed E-state index contributed by atoms with van der Waals surface area (Å²) >= 11 is 0. The second kappa shape index (κ2) is 4.92. The van der Waals surface area contributed by atoms with Crippen molar-refractivity contribution in [3.63, 3.8) is 0 Å². The van der Waals surface area contributed by atoms with Crippen molar-refractivity contribution in [3.05, 3.63) is 55.8 Å². The number of hydrogen-bond acceptors (Lipinski definition) is 6. The van der Waals surface area contributed by atoms with Gasteiger partial charge in [-0.15, -0.1) is 0 Å². The van der Waals surface area contributed by atoms with Crippen LogP contribution in [0.5, 0.6) is 0 Å². The fraction of sp³-hybridized carbons (Fsp3) is 0.0833. The Balaban J connectivity index is 2.67. The first-order valence-corrected chi connectivity index (χ1v) is 5.43. The quantitative estimate of drug-likeness (QED) is 0.481. The molecule has 0 unspecified atom stereocenters. The summed E-state index contributed by atoms with van der Waals surface area (Å²) in [5.41, 5.74) is -0.621. The molecule has 0 amide bonds. The Morgan fingerprint density at radius 3 is 2.05 bits per heavy atom. The van der Waals surface area contributed by atoms with Gasteiger partial charge in [0.2, 0.25) is 0 Å². The highest BCUT2D eigenvalue weighted by molar-refractivity contribution is 5.74. The lowest BCUT2D eigenvalue weighted by atomic mass is 10.1. The Bertz CT molecular complexity index is 683. The molecule has 2 aromatic rings. The zero-order valence-electron chi connectivity index (χ0n) is 10.2. The van der Waals surface area contributed by atoms with Crippen molar-refractivity contribution in [3.8, 4) is 11.3 Å². The van der Waals surface area contributed by atoms with E-state index in [0.717, 1.165) is 0 Å². The molecule has 1 aromatic heterocycles. The van der Waals surface area contributed by atoms with Crippen LogP contribution in [0.3, 0.4) is 0 Å². The second-order valence-electron chi connectivity index (χ2n) is 3.97. The van der Waals surface area contributed by atoms with E-state index in [9.17, 15) is 25.0 Å². The van der Waals surface area contributed by atoms with Crippen molar-refractivity contribution in [1.29, 1.82) is 0 Å². The molecule has 1 aromatic carbocycles. The number of nitro benzene ring substituents is 2. The van der Waals surface area contributed by atoms with E-state index in [1.807, 2.05) is 0 Å². The number of furan rings is 1. The summed E-state index contributed by atoms with van der Waals surface area (Å²) < 4.78 is 5.11. The van der Waals surface area contributed by atoms with Gasteiger partial charge in [0.05, 0.1) is 9.85 Å². The number of hydrogen-bond donors (Lipinski definition) is 0. The SMILES string of the molecule is Cc1c([N+](=O)[O-])cc(-c2ccc(C=O)o2)cc1[N+](=O)[O-]. The third kappa shape index (κ3) is 2.26. The molecule has 0 spiro atoms. The molecule has 0 bridgehead atoms. The Hall–Kier alpha value is -3.03. The lowest BCUT2D eigenvalue weighted by molar-refractivity contribution is -0.395. The number of carbonyl (C=O) groups is 1. The molecule has 0 N–H and O–H groups in total. The molecule has 0 fully saturated rings. The van der Waals surface area contributed by atoms with Gasteiger partial charge in [-0.1, -0.05) is 0 Å². The predicted octanol–water partition coefficient (Wildman–Crippen LogP) is 2.88. The molecular weight excluding hydrogens is 268 g/mol. The maximum absolute atomic E-state index is 10.9. The van der Waals surface area contributed by atoms with E-state index < -0.39 is 9.85 Å². The van der Waals surface area contributed by atoms with E-state index in [1.165, 1.54) is 31.2 Å². The van der Waals surface area contributed by atoms with Gasteiger partial charge in [0.1, 0.15) is 11.3 Å². The largest absolute Gasteiger partial charge is 0.453 e. The molecular formula is C12H8N2O6. The standard InChI is InChI=1S/C12H8N2O6/c1-7-10(13(16)17)4-8(5-11(7)14(18)19)12-3-2-9(6-15)20-12/h2-6H,1H3. The smallest absolute Gasteiger partial charge is 0.279 e.